The van der Waals surface area contributed by atoms with Gasteiger partial charge < -0.3 is 23.1 Å². The van der Waals surface area contributed by atoms with Gasteiger partial charge in [-0.15, -0.1) is 0 Å². The van der Waals surface area contributed by atoms with E-state index in [1.165, 1.54) is 0 Å². The van der Waals surface area contributed by atoms with Gasteiger partial charge in [-0.3, -0.25) is 10.1 Å². The van der Waals surface area contributed by atoms with Crippen LogP contribution >= 0.6 is 0 Å². The van der Waals surface area contributed by atoms with E-state index in [1.807, 2.05) is 48.5 Å². The van der Waals surface area contributed by atoms with Gasteiger partial charge in [-0.2, -0.15) is 0 Å². The van der Waals surface area contributed by atoms with Gasteiger partial charge in [-0.05, 0) is 55.4 Å². The van der Waals surface area contributed by atoms with Crippen molar-refractivity contribution >= 4 is 39.9 Å². The van der Waals surface area contributed by atoms with Crippen LogP contribution in [0.1, 0.15) is 48.7 Å². The normalized spacial score (nSPS) is 14.6. The van der Waals surface area contributed by atoms with Crippen LogP contribution in [0, 0.1) is 11.8 Å². The zero-order valence-electron chi connectivity index (χ0n) is 19.7. The lowest BCUT2D eigenvalue weighted by molar-refractivity contribution is -0.140. The van der Waals surface area contributed by atoms with Crippen LogP contribution in [0.5, 0.6) is 0 Å². The number of carbonyl (C=O) groups is 2. The highest BCUT2D eigenvalue weighted by Crippen LogP contribution is 2.50. The van der Waals surface area contributed by atoms with E-state index in [-0.39, 0.29) is 11.5 Å². The summed E-state index contributed by atoms with van der Waals surface area (Å²) in [5.74, 6) is 6.07. The van der Waals surface area contributed by atoms with Gasteiger partial charge in [0.15, 0.2) is 5.76 Å². The van der Waals surface area contributed by atoms with Crippen molar-refractivity contribution in [1.82, 2.24) is 0 Å². The molecule has 0 radical (unpaired) electrons. The fourth-order valence-corrected chi connectivity index (χ4v) is 4.29. The fraction of sp³-hybridized carbons (Fsp3) is 0.172. The van der Waals surface area contributed by atoms with Gasteiger partial charge in [-0.1, -0.05) is 42.5 Å². The summed E-state index contributed by atoms with van der Waals surface area (Å²) in [6.45, 7) is 1.79. The summed E-state index contributed by atoms with van der Waals surface area (Å²) in [5.41, 5.74) is 0.868. The third-order valence-electron chi connectivity index (χ3n) is 6.52. The van der Waals surface area contributed by atoms with Gasteiger partial charge in [0.1, 0.15) is 28.5 Å². The number of carboxylic acids is 1. The molecule has 2 N–H and O–H groups in total. The minimum absolute atomic E-state index is 0.216. The van der Waals surface area contributed by atoms with Gasteiger partial charge in [0.05, 0.1) is 5.39 Å². The number of furan rings is 3. The van der Waals surface area contributed by atoms with Crippen molar-refractivity contribution in [3.05, 3.63) is 89.6 Å². The molecule has 8 nitrogen and oxygen atoms in total. The van der Waals surface area contributed by atoms with Crippen LogP contribution in [0.2, 0.25) is 0 Å². The number of benzene rings is 2. The molecule has 184 valence electrons. The Bertz CT molecular complexity index is 1680. The number of anilines is 1. The van der Waals surface area contributed by atoms with Crippen LogP contribution in [0.25, 0.3) is 22.1 Å². The van der Waals surface area contributed by atoms with Crippen molar-refractivity contribution in [3.8, 4) is 11.8 Å². The molecule has 1 atom stereocenters. The summed E-state index contributed by atoms with van der Waals surface area (Å²) in [6.07, 6.45) is -0.00592. The fourth-order valence-electron chi connectivity index (χ4n) is 4.29. The molecule has 1 aliphatic carbocycles. The lowest BCUT2D eigenvalue weighted by atomic mass is 10.0. The average Bonchev–Trinajstić information content (AvgIpc) is 3.33. The van der Waals surface area contributed by atoms with Crippen LogP contribution in [0.3, 0.4) is 0 Å². The van der Waals surface area contributed by atoms with E-state index < -0.39 is 23.6 Å². The number of carboxylic acid groups (broad SMARTS) is 1. The molecule has 1 amide bonds. The monoisotopic (exact) mass is 495 g/mol. The topological polar surface area (TPSA) is 115 Å². The first kappa shape index (κ1) is 22.6. The number of nitrogens with one attached hydrogen (secondary N) is 1. The summed E-state index contributed by atoms with van der Waals surface area (Å²) >= 11 is 0. The van der Waals surface area contributed by atoms with E-state index in [2.05, 4.69) is 17.2 Å². The molecule has 1 aliphatic rings. The zero-order valence-corrected chi connectivity index (χ0v) is 19.7. The molecule has 3 heterocycles. The summed E-state index contributed by atoms with van der Waals surface area (Å²) in [6, 6.07) is 20.0. The molecule has 1 unspecified atom stereocenters. The predicted octanol–water partition coefficient (Wildman–Crippen LogP) is 6.60. The molecular formula is C29H21NO7. The second kappa shape index (κ2) is 8.64. The summed E-state index contributed by atoms with van der Waals surface area (Å²) in [7, 11) is 0. The van der Waals surface area contributed by atoms with Crippen molar-refractivity contribution in [2.24, 2.45) is 0 Å². The summed E-state index contributed by atoms with van der Waals surface area (Å²) in [4.78, 5) is 24.3. The number of aliphatic carboxylic acids is 1. The summed E-state index contributed by atoms with van der Waals surface area (Å²) < 4.78 is 22.8. The van der Waals surface area contributed by atoms with Crippen LogP contribution < -0.4 is 5.32 Å². The number of para-hydroxylation sites is 1. The van der Waals surface area contributed by atoms with Gasteiger partial charge in [0.25, 0.3) is 5.78 Å². The van der Waals surface area contributed by atoms with Gasteiger partial charge in [0, 0.05) is 11.5 Å². The molecule has 2 aromatic carbocycles. The van der Waals surface area contributed by atoms with E-state index in [9.17, 15) is 14.7 Å². The first-order valence-electron chi connectivity index (χ1n) is 11.8. The lowest BCUT2D eigenvalue weighted by Crippen LogP contribution is -2.18. The van der Waals surface area contributed by atoms with Crippen LogP contribution in [-0.2, 0) is 14.9 Å². The van der Waals surface area contributed by atoms with Crippen LogP contribution in [0.15, 0.2) is 80.0 Å². The molecule has 3 aromatic heterocycles. The van der Waals surface area contributed by atoms with Crippen molar-refractivity contribution in [2.75, 3.05) is 5.32 Å². The molecule has 0 spiro atoms. The van der Waals surface area contributed by atoms with Crippen molar-refractivity contribution < 1.29 is 32.7 Å². The zero-order chi connectivity index (χ0) is 25.6. The second-order valence-electron chi connectivity index (χ2n) is 8.99. The molecule has 0 aliphatic heterocycles. The van der Waals surface area contributed by atoms with Gasteiger partial charge >= 0.3 is 12.1 Å². The molecule has 8 heteroatoms. The molecule has 5 aromatic rings. The predicted molar refractivity (Wildman–Crippen MR) is 134 cm³/mol. The molecule has 6 rings (SSSR count). The highest BCUT2D eigenvalue weighted by Gasteiger charge is 2.54. The van der Waals surface area contributed by atoms with E-state index in [4.69, 9.17) is 18.0 Å². The first-order chi connectivity index (χ1) is 17.9. The smallest absolute Gasteiger partial charge is 0.412 e. The Morgan fingerprint density at radius 3 is 2.49 bits per heavy atom. The third-order valence-corrected chi connectivity index (χ3v) is 6.52. The minimum Gasteiger partial charge on any atom is -0.480 e. The Kier molecular flexibility index (Phi) is 5.27. The second-order valence-corrected chi connectivity index (χ2v) is 8.99. The van der Waals surface area contributed by atoms with Crippen molar-refractivity contribution in [3.63, 3.8) is 0 Å². The number of rotatable bonds is 5. The Balaban J connectivity index is 1.26. The Hall–Kier alpha value is -4.90. The standard InChI is InChI=1S/C29H21NO7/c1-17(18-7-3-2-4-8-18)34-28(33)30-25-21-9-5-6-10-22(21)36-23(25)12-11-20-15-19-16-24(37-26(19)35-20)29(13-14-29)27(31)32/h2-10,15-17H,13-14H2,1H3,(H,30,33)(H,31,32). The maximum absolute atomic E-state index is 12.7. The molecule has 0 saturated heterocycles. The van der Waals surface area contributed by atoms with Crippen molar-refractivity contribution in [1.29, 1.82) is 0 Å². The van der Waals surface area contributed by atoms with E-state index in [1.54, 1.807) is 25.1 Å². The van der Waals surface area contributed by atoms with Gasteiger partial charge in [-0.25, -0.2) is 4.79 Å². The SMILES string of the molecule is CC(OC(=O)Nc1c(C#Cc2cc3cc(C4(C(=O)O)CC4)oc3o2)oc2ccccc12)c1ccccc1. The number of carbonyl (C=O) groups excluding carboxylic acids is 1. The lowest BCUT2D eigenvalue weighted by Gasteiger charge is -2.14. The van der Waals surface area contributed by atoms with Gasteiger partial charge in [0.2, 0.25) is 5.76 Å². The Labute approximate surface area is 210 Å². The number of fused-ring (bicyclic) bond motifs is 2. The average molecular weight is 495 g/mol. The quantitative estimate of drug-likeness (QED) is 0.264. The Morgan fingerprint density at radius 1 is 1.00 bits per heavy atom. The maximum Gasteiger partial charge on any atom is 0.412 e. The van der Waals surface area contributed by atoms with Crippen molar-refractivity contribution in [2.45, 2.75) is 31.3 Å². The molecular weight excluding hydrogens is 474 g/mol. The highest BCUT2D eigenvalue weighted by molar-refractivity contribution is 6.01. The van der Waals surface area contributed by atoms with E-state index in [0.717, 1.165) is 5.56 Å². The molecule has 1 fully saturated rings. The highest BCUT2D eigenvalue weighted by atomic mass is 16.6. The molecule has 0 bridgehead atoms. The first-order valence-corrected chi connectivity index (χ1v) is 11.8. The van der Waals surface area contributed by atoms with Crippen LogP contribution in [-0.4, -0.2) is 17.2 Å². The molecule has 37 heavy (non-hydrogen) atoms. The molecule has 1 saturated carbocycles. The van der Waals surface area contributed by atoms with Crippen LogP contribution in [0.4, 0.5) is 10.5 Å². The number of ether oxygens (including phenoxy) is 1. The Morgan fingerprint density at radius 2 is 1.76 bits per heavy atom. The number of hydrogen-bond donors (Lipinski definition) is 2. The number of amides is 1. The largest absolute Gasteiger partial charge is 0.480 e. The van der Waals surface area contributed by atoms with E-state index in [0.29, 0.717) is 46.4 Å². The maximum atomic E-state index is 12.7. The third kappa shape index (κ3) is 4.10. The van der Waals surface area contributed by atoms with E-state index >= 15 is 0 Å². The minimum atomic E-state index is -0.950. The number of hydrogen-bond acceptors (Lipinski definition) is 6. The summed E-state index contributed by atoms with van der Waals surface area (Å²) in [5, 5.41) is 13.6.